The van der Waals surface area contributed by atoms with Crippen molar-refractivity contribution in [2.75, 3.05) is 6.54 Å². The maximum absolute atomic E-state index is 11.6. The lowest BCUT2D eigenvalue weighted by Gasteiger charge is -2.12. The second-order valence-electron chi connectivity index (χ2n) is 5.02. The molecule has 1 aromatic rings. The van der Waals surface area contributed by atoms with Gasteiger partial charge in [0.2, 0.25) is 0 Å². The lowest BCUT2D eigenvalue weighted by molar-refractivity contribution is 0.177. The van der Waals surface area contributed by atoms with Gasteiger partial charge in [0, 0.05) is 17.6 Å². The molecule has 0 aliphatic heterocycles. The number of hydrogen-bond donors (Lipinski definition) is 3. The molecule has 1 aromatic carbocycles. The molecule has 19 heavy (non-hydrogen) atoms. The first-order valence-corrected chi connectivity index (χ1v) is 7.37. The van der Waals surface area contributed by atoms with Gasteiger partial charge in [0.05, 0.1) is 6.10 Å². The fraction of sp³-hybridized carbons (Fsp3) is 0.500. The summed E-state index contributed by atoms with van der Waals surface area (Å²) in [6.45, 7) is 1.16. The van der Waals surface area contributed by atoms with E-state index in [0.717, 1.165) is 29.3 Å². The number of aliphatic hydroxyl groups is 1. The Hall–Kier alpha value is -1.07. The quantitative estimate of drug-likeness (QED) is 0.795. The number of benzene rings is 1. The Morgan fingerprint density at radius 1 is 1.26 bits per heavy atom. The van der Waals surface area contributed by atoms with E-state index in [0.29, 0.717) is 19.0 Å². The van der Waals surface area contributed by atoms with Gasteiger partial charge in [-0.1, -0.05) is 28.1 Å². The molecule has 5 heteroatoms. The Labute approximate surface area is 121 Å². The van der Waals surface area contributed by atoms with Crippen LogP contribution in [0.3, 0.4) is 0 Å². The maximum atomic E-state index is 11.6. The minimum absolute atomic E-state index is 0.149. The summed E-state index contributed by atoms with van der Waals surface area (Å²) in [4.78, 5) is 11.6. The first kappa shape index (κ1) is 14.3. The summed E-state index contributed by atoms with van der Waals surface area (Å²) in [5.41, 5.74) is 1.06. The van der Waals surface area contributed by atoms with Gasteiger partial charge in [0.15, 0.2) is 0 Å². The largest absolute Gasteiger partial charge is 0.393 e. The second-order valence-corrected chi connectivity index (χ2v) is 5.94. The molecule has 2 rings (SSSR count). The van der Waals surface area contributed by atoms with Crippen LogP contribution in [-0.2, 0) is 6.54 Å². The van der Waals surface area contributed by atoms with Crippen molar-refractivity contribution in [3.05, 3.63) is 34.3 Å². The highest BCUT2D eigenvalue weighted by molar-refractivity contribution is 9.10. The van der Waals surface area contributed by atoms with Crippen LogP contribution in [0.1, 0.15) is 24.8 Å². The molecule has 2 amide bonds. The highest BCUT2D eigenvalue weighted by atomic mass is 79.9. The van der Waals surface area contributed by atoms with Gasteiger partial charge in [0.1, 0.15) is 0 Å². The third-order valence-electron chi connectivity index (χ3n) is 3.43. The lowest BCUT2D eigenvalue weighted by atomic mass is 10.1. The molecule has 0 bridgehead atoms. The van der Waals surface area contributed by atoms with Crippen LogP contribution in [0.5, 0.6) is 0 Å². The van der Waals surface area contributed by atoms with E-state index in [1.165, 1.54) is 0 Å². The Kier molecular flexibility index (Phi) is 5.22. The van der Waals surface area contributed by atoms with Crippen LogP contribution >= 0.6 is 15.9 Å². The number of aliphatic hydroxyl groups excluding tert-OH is 1. The number of amides is 2. The zero-order valence-electron chi connectivity index (χ0n) is 10.7. The monoisotopic (exact) mass is 326 g/mol. The summed E-state index contributed by atoms with van der Waals surface area (Å²) in [5.74, 6) is 0.411. The third-order valence-corrected chi connectivity index (χ3v) is 3.96. The van der Waals surface area contributed by atoms with Gasteiger partial charge in [-0.15, -0.1) is 0 Å². The van der Waals surface area contributed by atoms with E-state index >= 15 is 0 Å². The van der Waals surface area contributed by atoms with Crippen LogP contribution in [0.4, 0.5) is 4.79 Å². The molecule has 2 atom stereocenters. The van der Waals surface area contributed by atoms with Crippen LogP contribution in [0.25, 0.3) is 0 Å². The fourth-order valence-electron chi connectivity index (χ4n) is 2.32. The van der Waals surface area contributed by atoms with Gasteiger partial charge in [0.25, 0.3) is 0 Å². The highest BCUT2D eigenvalue weighted by Gasteiger charge is 2.22. The topological polar surface area (TPSA) is 61.4 Å². The zero-order valence-corrected chi connectivity index (χ0v) is 12.3. The van der Waals surface area contributed by atoms with Crippen molar-refractivity contribution >= 4 is 22.0 Å². The first-order chi connectivity index (χ1) is 9.13. The van der Waals surface area contributed by atoms with Gasteiger partial charge in [-0.05, 0) is 42.9 Å². The molecule has 4 nitrogen and oxygen atoms in total. The van der Waals surface area contributed by atoms with Crippen LogP contribution in [0, 0.1) is 5.92 Å². The van der Waals surface area contributed by atoms with Crippen LogP contribution in [0.15, 0.2) is 28.7 Å². The summed E-state index contributed by atoms with van der Waals surface area (Å²) in [6.07, 6.45) is 2.46. The molecule has 104 valence electrons. The number of carbonyl (C=O) groups is 1. The minimum atomic E-state index is -0.183. The number of nitrogens with one attached hydrogen (secondary N) is 2. The van der Waals surface area contributed by atoms with E-state index < -0.39 is 0 Å². The van der Waals surface area contributed by atoms with Crippen molar-refractivity contribution in [1.29, 1.82) is 0 Å². The molecule has 1 aliphatic carbocycles. The second kappa shape index (κ2) is 6.91. The number of urea groups is 1. The average Bonchev–Trinajstić information content (AvgIpc) is 2.81. The van der Waals surface area contributed by atoms with E-state index in [1.807, 2.05) is 24.3 Å². The molecule has 3 N–H and O–H groups in total. The van der Waals surface area contributed by atoms with E-state index in [1.54, 1.807) is 0 Å². The molecular weight excluding hydrogens is 308 g/mol. The number of halogens is 1. The standard InChI is InChI=1S/C14H19BrN2O2/c15-12-4-1-10(2-5-12)8-16-14(19)17-9-11-3-6-13(18)7-11/h1-2,4-5,11,13,18H,3,6-9H2,(H2,16,17,19)/t11-,13+/m1/s1. The molecule has 1 aliphatic rings. The summed E-state index contributed by atoms with van der Waals surface area (Å²) in [7, 11) is 0. The van der Waals surface area contributed by atoms with Gasteiger partial charge >= 0.3 is 6.03 Å². The van der Waals surface area contributed by atoms with Crippen molar-refractivity contribution in [2.45, 2.75) is 31.9 Å². The van der Waals surface area contributed by atoms with Gasteiger partial charge in [-0.3, -0.25) is 0 Å². The lowest BCUT2D eigenvalue weighted by Crippen LogP contribution is -2.37. The summed E-state index contributed by atoms with van der Waals surface area (Å²) in [6, 6.07) is 7.70. The SMILES string of the molecule is O=C(NCc1ccc(Br)cc1)NC[C@@H]1CC[C@H](O)C1. The van der Waals surface area contributed by atoms with Crippen LogP contribution in [0.2, 0.25) is 0 Å². The Balaban J connectivity index is 1.65. The van der Waals surface area contributed by atoms with Crippen molar-refractivity contribution in [1.82, 2.24) is 10.6 Å². The van der Waals surface area contributed by atoms with Crippen molar-refractivity contribution in [2.24, 2.45) is 5.92 Å². The number of rotatable bonds is 4. The average molecular weight is 327 g/mol. The number of hydrogen-bond acceptors (Lipinski definition) is 2. The van der Waals surface area contributed by atoms with Gasteiger partial charge < -0.3 is 15.7 Å². The first-order valence-electron chi connectivity index (χ1n) is 6.57. The van der Waals surface area contributed by atoms with Crippen molar-refractivity contribution in [3.63, 3.8) is 0 Å². The zero-order chi connectivity index (χ0) is 13.7. The molecule has 1 saturated carbocycles. The predicted molar refractivity (Wildman–Crippen MR) is 77.7 cm³/mol. The molecule has 0 saturated heterocycles. The Bertz CT molecular complexity index is 422. The van der Waals surface area contributed by atoms with Gasteiger partial charge in [-0.2, -0.15) is 0 Å². The van der Waals surface area contributed by atoms with E-state index in [9.17, 15) is 9.90 Å². The van der Waals surface area contributed by atoms with Crippen molar-refractivity contribution in [3.8, 4) is 0 Å². The number of carbonyl (C=O) groups excluding carboxylic acids is 1. The third kappa shape index (κ3) is 4.84. The molecular formula is C14H19BrN2O2. The maximum Gasteiger partial charge on any atom is 0.315 e. The Morgan fingerprint density at radius 2 is 2.00 bits per heavy atom. The summed E-state index contributed by atoms with van der Waals surface area (Å²) < 4.78 is 1.03. The summed E-state index contributed by atoms with van der Waals surface area (Å²) in [5, 5.41) is 15.1. The highest BCUT2D eigenvalue weighted by Crippen LogP contribution is 2.24. The van der Waals surface area contributed by atoms with Crippen molar-refractivity contribution < 1.29 is 9.90 Å². The predicted octanol–water partition coefficient (Wildman–Crippen LogP) is 2.41. The van der Waals surface area contributed by atoms with E-state index in [4.69, 9.17) is 0 Å². The molecule has 1 fully saturated rings. The minimum Gasteiger partial charge on any atom is -0.393 e. The molecule has 0 heterocycles. The van der Waals surface area contributed by atoms with E-state index in [-0.39, 0.29) is 12.1 Å². The molecule has 0 unspecified atom stereocenters. The van der Waals surface area contributed by atoms with E-state index in [2.05, 4.69) is 26.6 Å². The van der Waals surface area contributed by atoms with Crippen LogP contribution in [-0.4, -0.2) is 23.8 Å². The van der Waals surface area contributed by atoms with Gasteiger partial charge in [-0.25, -0.2) is 4.79 Å². The molecule has 0 radical (unpaired) electrons. The Morgan fingerprint density at radius 3 is 2.63 bits per heavy atom. The smallest absolute Gasteiger partial charge is 0.315 e. The normalized spacial score (nSPS) is 22.2. The molecule has 0 spiro atoms. The fourth-order valence-corrected chi connectivity index (χ4v) is 2.58. The molecule has 0 aromatic heterocycles. The van der Waals surface area contributed by atoms with Crippen LogP contribution < -0.4 is 10.6 Å². The summed E-state index contributed by atoms with van der Waals surface area (Å²) >= 11 is 3.37.